The van der Waals surface area contributed by atoms with E-state index in [1.807, 2.05) is 42.2 Å². The van der Waals surface area contributed by atoms with Crippen LogP contribution < -0.4 is 4.90 Å². The molecule has 1 aliphatic rings. The highest BCUT2D eigenvalue weighted by Crippen LogP contribution is 2.28. The summed E-state index contributed by atoms with van der Waals surface area (Å²) in [5.74, 6) is 0.692. The second kappa shape index (κ2) is 5.62. The van der Waals surface area contributed by atoms with E-state index in [1.165, 1.54) is 0 Å². The summed E-state index contributed by atoms with van der Waals surface area (Å²) < 4.78 is 0. The first kappa shape index (κ1) is 14.3. The summed E-state index contributed by atoms with van der Waals surface area (Å²) in [5.41, 5.74) is 1.24. The second-order valence-electron chi connectivity index (χ2n) is 5.70. The molecule has 1 unspecified atom stereocenters. The number of aliphatic hydroxyl groups is 1. The molecular weight excluding hydrogens is 286 g/mol. The number of rotatable bonds is 3. The lowest BCUT2D eigenvalue weighted by molar-refractivity contribution is 0.0636. The minimum Gasteiger partial charge on any atom is -0.388 e. The van der Waals surface area contributed by atoms with Gasteiger partial charge < -0.3 is 10.0 Å². The van der Waals surface area contributed by atoms with E-state index in [1.54, 1.807) is 6.20 Å². The van der Waals surface area contributed by atoms with Crippen LogP contribution in [0.3, 0.4) is 0 Å². The molecule has 1 fully saturated rings. The fraction of sp³-hybridized carbons (Fsp3) is 0.375. The maximum absolute atomic E-state index is 10.8. The van der Waals surface area contributed by atoms with Gasteiger partial charge in [0.05, 0.1) is 5.60 Å². The third-order valence-electron chi connectivity index (χ3n) is 3.82. The third kappa shape index (κ3) is 3.34. The Morgan fingerprint density at radius 2 is 2.24 bits per heavy atom. The summed E-state index contributed by atoms with van der Waals surface area (Å²) in [5, 5.41) is 11.5. The minimum absolute atomic E-state index is 0.545. The van der Waals surface area contributed by atoms with Crippen LogP contribution in [0, 0.1) is 6.92 Å². The quantitative estimate of drug-likeness (QED) is 0.947. The van der Waals surface area contributed by atoms with Gasteiger partial charge in [-0.05, 0) is 37.1 Å². The highest BCUT2D eigenvalue weighted by Gasteiger charge is 2.37. The SMILES string of the molecule is Cc1ccnc(N2CCC(O)(Cc3cccc(Cl)c3)C2)n1. The highest BCUT2D eigenvalue weighted by atomic mass is 35.5. The van der Waals surface area contributed by atoms with Crippen LogP contribution in [0.25, 0.3) is 0 Å². The van der Waals surface area contributed by atoms with Crippen molar-refractivity contribution in [3.63, 3.8) is 0 Å². The Bertz CT molecular complexity index is 649. The Labute approximate surface area is 129 Å². The zero-order valence-electron chi connectivity index (χ0n) is 12.0. The Hall–Kier alpha value is -1.65. The van der Waals surface area contributed by atoms with Gasteiger partial charge in [0, 0.05) is 36.4 Å². The summed E-state index contributed by atoms with van der Waals surface area (Å²) in [6.45, 7) is 3.25. The first-order chi connectivity index (χ1) is 10.0. The lowest BCUT2D eigenvalue weighted by Gasteiger charge is -2.23. The smallest absolute Gasteiger partial charge is 0.225 e. The number of halogens is 1. The number of aryl methyl sites for hydroxylation is 1. The van der Waals surface area contributed by atoms with Gasteiger partial charge in [0.1, 0.15) is 0 Å². The summed E-state index contributed by atoms with van der Waals surface area (Å²) in [7, 11) is 0. The predicted octanol–water partition coefficient (Wildman–Crippen LogP) is 2.62. The molecular formula is C16H18ClN3O. The molecule has 1 aromatic heterocycles. The van der Waals surface area contributed by atoms with Crippen molar-refractivity contribution in [3.8, 4) is 0 Å². The van der Waals surface area contributed by atoms with Gasteiger partial charge in [-0.2, -0.15) is 0 Å². The fourth-order valence-corrected chi connectivity index (χ4v) is 3.00. The molecule has 21 heavy (non-hydrogen) atoms. The Morgan fingerprint density at radius 3 is 3.00 bits per heavy atom. The number of nitrogens with zero attached hydrogens (tertiary/aromatic N) is 3. The molecule has 2 aromatic rings. The van der Waals surface area contributed by atoms with Crippen molar-refractivity contribution < 1.29 is 5.11 Å². The summed E-state index contributed by atoms with van der Waals surface area (Å²) >= 11 is 6.01. The summed E-state index contributed by atoms with van der Waals surface area (Å²) in [6, 6.07) is 9.53. The van der Waals surface area contributed by atoms with Crippen LogP contribution in [0.5, 0.6) is 0 Å². The van der Waals surface area contributed by atoms with Gasteiger partial charge >= 0.3 is 0 Å². The van der Waals surface area contributed by atoms with Gasteiger partial charge in [-0.3, -0.25) is 0 Å². The molecule has 0 spiro atoms. The average molecular weight is 304 g/mol. The van der Waals surface area contributed by atoms with E-state index in [4.69, 9.17) is 11.6 Å². The lowest BCUT2D eigenvalue weighted by Crippen LogP contribution is -2.36. The first-order valence-electron chi connectivity index (χ1n) is 7.06. The van der Waals surface area contributed by atoms with E-state index in [-0.39, 0.29) is 0 Å². The van der Waals surface area contributed by atoms with Gasteiger partial charge in [0.15, 0.2) is 0 Å². The van der Waals surface area contributed by atoms with Crippen molar-refractivity contribution >= 4 is 17.5 Å². The normalized spacial score (nSPS) is 21.8. The minimum atomic E-state index is -0.752. The molecule has 1 saturated heterocycles. The van der Waals surface area contributed by atoms with Crippen LogP contribution in [-0.4, -0.2) is 33.8 Å². The zero-order valence-corrected chi connectivity index (χ0v) is 12.7. The number of hydrogen-bond acceptors (Lipinski definition) is 4. The number of benzene rings is 1. The molecule has 5 heteroatoms. The van der Waals surface area contributed by atoms with E-state index in [2.05, 4.69) is 9.97 Å². The molecule has 0 radical (unpaired) electrons. The van der Waals surface area contributed by atoms with Crippen LogP contribution in [0.15, 0.2) is 36.5 Å². The van der Waals surface area contributed by atoms with Crippen LogP contribution in [0.2, 0.25) is 5.02 Å². The monoisotopic (exact) mass is 303 g/mol. The largest absolute Gasteiger partial charge is 0.388 e. The molecule has 1 aliphatic heterocycles. The van der Waals surface area contributed by atoms with Gasteiger partial charge in [-0.1, -0.05) is 23.7 Å². The molecule has 0 amide bonds. The Balaban J connectivity index is 1.73. The lowest BCUT2D eigenvalue weighted by atomic mass is 9.94. The molecule has 2 heterocycles. The van der Waals surface area contributed by atoms with E-state index in [0.717, 1.165) is 17.8 Å². The number of aromatic nitrogens is 2. The number of β-amino-alcohol motifs (C(OH)–C–C–N with tert-alkyl or cyclic N) is 1. The van der Waals surface area contributed by atoms with Crippen molar-refractivity contribution in [2.45, 2.75) is 25.4 Å². The maximum atomic E-state index is 10.8. The first-order valence-corrected chi connectivity index (χ1v) is 7.43. The summed E-state index contributed by atoms with van der Waals surface area (Å²) in [6.07, 6.45) is 3.05. The third-order valence-corrected chi connectivity index (χ3v) is 4.05. The summed E-state index contributed by atoms with van der Waals surface area (Å²) in [4.78, 5) is 10.8. The van der Waals surface area contributed by atoms with Gasteiger partial charge in [0.25, 0.3) is 0 Å². The van der Waals surface area contributed by atoms with E-state index in [9.17, 15) is 5.11 Å². The van der Waals surface area contributed by atoms with Crippen molar-refractivity contribution in [1.82, 2.24) is 9.97 Å². The second-order valence-corrected chi connectivity index (χ2v) is 6.14. The van der Waals surface area contributed by atoms with E-state index >= 15 is 0 Å². The molecule has 4 nitrogen and oxygen atoms in total. The highest BCUT2D eigenvalue weighted by molar-refractivity contribution is 6.30. The molecule has 110 valence electrons. The Kier molecular flexibility index (Phi) is 3.83. The van der Waals surface area contributed by atoms with Crippen LogP contribution in [0.4, 0.5) is 5.95 Å². The fourth-order valence-electron chi connectivity index (χ4n) is 2.79. The molecule has 1 N–H and O–H groups in total. The van der Waals surface area contributed by atoms with Gasteiger partial charge in [-0.15, -0.1) is 0 Å². The molecule has 1 aromatic carbocycles. The zero-order chi connectivity index (χ0) is 14.9. The standard InChI is InChI=1S/C16H18ClN3O/c1-12-5-7-18-15(19-12)20-8-6-16(21,11-20)10-13-3-2-4-14(17)9-13/h2-5,7,9,21H,6,8,10-11H2,1H3. The van der Waals surface area contributed by atoms with Crippen LogP contribution in [0.1, 0.15) is 17.7 Å². The van der Waals surface area contributed by atoms with Crippen molar-refractivity contribution in [3.05, 3.63) is 52.8 Å². The van der Waals surface area contributed by atoms with Crippen LogP contribution >= 0.6 is 11.6 Å². The topological polar surface area (TPSA) is 49.2 Å². The molecule has 1 atom stereocenters. The molecule has 0 saturated carbocycles. The van der Waals surface area contributed by atoms with Gasteiger partial charge in [0.2, 0.25) is 5.95 Å². The maximum Gasteiger partial charge on any atom is 0.225 e. The Morgan fingerprint density at radius 1 is 1.38 bits per heavy atom. The van der Waals surface area contributed by atoms with Crippen molar-refractivity contribution in [2.75, 3.05) is 18.0 Å². The molecule has 0 bridgehead atoms. The van der Waals surface area contributed by atoms with E-state index in [0.29, 0.717) is 30.4 Å². The number of anilines is 1. The molecule has 3 rings (SSSR count). The molecule has 0 aliphatic carbocycles. The van der Waals surface area contributed by atoms with Gasteiger partial charge in [-0.25, -0.2) is 9.97 Å². The average Bonchev–Trinajstić information content (AvgIpc) is 2.81. The van der Waals surface area contributed by atoms with Crippen LogP contribution in [-0.2, 0) is 6.42 Å². The predicted molar refractivity (Wildman–Crippen MR) is 83.7 cm³/mol. The van der Waals surface area contributed by atoms with Crippen molar-refractivity contribution in [1.29, 1.82) is 0 Å². The van der Waals surface area contributed by atoms with Crippen molar-refractivity contribution in [2.24, 2.45) is 0 Å². The number of hydrogen-bond donors (Lipinski definition) is 1. The van der Waals surface area contributed by atoms with E-state index < -0.39 is 5.60 Å².